The number of pyridine rings is 1. The Morgan fingerprint density at radius 3 is 2.41 bits per heavy atom. The average molecular weight is 516 g/mol. The highest BCUT2D eigenvalue weighted by molar-refractivity contribution is 7.90. The second-order valence-electron chi connectivity index (χ2n) is 6.89. The fraction of sp³-hybridized carbons (Fsp3) is 0.143. The third-order valence-corrected chi connectivity index (χ3v) is 7.03. The monoisotopic (exact) mass is 514 g/mol. The summed E-state index contributed by atoms with van der Waals surface area (Å²) in [6, 6.07) is 13.5. The lowest BCUT2D eigenvalue weighted by Crippen LogP contribution is -3.00. The molecule has 1 heterocycles. The predicted molar refractivity (Wildman–Crippen MR) is 122 cm³/mol. The number of carbonyl (C=O) groups excluding carboxylic acids is 1. The van der Waals surface area contributed by atoms with Gasteiger partial charge < -0.3 is 28.8 Å². The number of urea groups is 1. The van der Waals surface area contributed by atoms with E-state index in [1.54, 1.807) is 37.3 Å². The van der Waals surface area contributed by atoms with Gasteiger partial charge in [0.25, 0.3) is 0 Å². The maximum atomic E-state index is 12.6. The maximum absolute atomic E-state index is 12.6. The van der Waals surface area contributed by atoms with Gasteiger partial charge in [-0.25, -0.2) is 18.2 Å². The third kappa shape index (κ3) is 6.49. The van der Waals surface area contributed by atoms with Gasteiger partial charge in [0.15, 0.2) is 21.7 Å². The second-order valence-corrected chi connectivity index (χ2v) is 9.67. The number of halogens is 3. The molecule has 2 amide bonds. The molecule has 1 aromatic heterocycles. The number of rotatable bonds is 6. The van der Waals surface area contributed by atoms with E-state index in [0.717, 1.165) is 0 Å². The molecule has 3 aromatic rings. The number of carbonyl (C=O) groups is 1. The summed E-state index contributed by atoms with van der Waals surface area (Å²) in [6.45, 7) is 1.78. The van der Waals surface area contributed by atoms with Gasteiger partial charge in [0.1, 0.15) is 5.75 Å². The number of hydrogen-bond acceptors (Lipinski definition) is 4. The third-order valence-electron chi connectivity index (χ3n) is 4.51. The fourth-order valence-electron chi connectivity index (χ4n) is 2.89. The van der Waals surface area contributed by atoms with Gasteiger partial charge in [0, 0.05) is 11.8 Å². The van der Waals surface area contributed by atoms with Gasteiger partial charge in [0.05, 0.1) is 26.7 Å². The number of H-pyrrole nitrogens is 1. The summed E-state index contributed by atoms with van der Waals surface area (Å²) < 4.78 is 25.2. The molecule has 32 heavy (non-hydrogen) atoms. The Morgan fingerprint density at radius 1 is 1.09 bits per heavy atom. The number of anilines is 2. The Hall–Kier alpha value is -2.52. The molecular weight excluding hydrogens is 495 g/mol. The lowest BCUT2D eigenvalue weighted by atomic mass is 10.1. The van der Waals surface area contributed by atoms with Crippen LogP contribution in [0.2, 0.25) is 10.0 Å². The first-order chi connectivity index (χ1) is 14.7. The highest BCUT2D eigenvalue weighted by Crippen LogP contribution is 2.29. The first-order valence-electron chi connectivity index (χ1n) is 9.26. The molecule has 3 rings (SSSR count). The van der Waals surface area contributed by atoms with Crippen LogP contribution in [0, 0.1) is 0 Å². The number of sulfone groups is 1. The molecule has 0 aliphatic rings. The molecule has 0 saturated heterocycles. The second kappa shape index (κ2) is 10.9. The SMILES string of the molecule is C[C@H](NC(=O)Nc1ccc(S(=O)(=O)Cc2ccc(N)c[nH+]2)cc1)c1cccc(Cl)c1Cl.[Cl-]. The van der Waals surface area contributed by atoms with Gasteiger partial charge in [0.2, 0.25) is 0 Å². The fourth-order valence-corrected chi connectivity index (χ4v) is 4.67. The van der Waals surface area contributed by atoms with Crippen LogP contribution in [0.25, 0.3) is 0 Å². The molecule has 0 spiro atoms. The number of nitrogens with two attached hydrogens (primary N) is 1. The highest BCUT2D eigenvalue weighted by atomic mass is 35.5. The minimum atomic E-state index is -3.56. The van der Waals surface area contributed by atoms with E-state index in [9.17, 15) is 13.2 Å². The van der Waals surface area contributed by atoms with Crippen LogP contribution in [0.15, 0.2) is 65.7 Å². The molecular formula is C21H21Cl3N4O3S. The standard InChI is InChI=1S/C21H20Cl2N4O3S.ClH/c1-13(18-3-2-4-19(22)20(18)23)26-21(28)27-15-7-9-17(10-8-15)31(29,30)12-16-6-5-14(24)11-25-16;/h2-11,13H,12,24H2,1H3,(H2,26,27,28);1H/t13-;/m0./s1. The zero-order chi connectivity index (χ0) is 22.6. The van der Waals surface area contributed by atoms with Crippen LogP contribution in [0.4, 0.5) is 16.2 Å². The van der Waals surface area contributed by atoms with E-state index < -0.39 is 15.9 Å². The van der Waals surface area contributed by atoms with Crippen molar-refractivity contribution in [1.29, 1.82) is 0 Å². The van der Waals surface area contributed by atoms with Gasteiger partial charge in [-0.15, -0.1) is 0 Å². The Kier molecular flexibility index (Phi) is 8.74. The van der Waals surface area contributed by atoms with Crippen LogP contribution in [-0.4, -0.2) is 14.4 Å². The first kappa shape index (κ1) is 25.7. The van der Waals surface area contributed by atoms with Crippen molar-refractivity contribution in [3.05, 3.63) is 82.1 Å². The summed E-state index contributed by atoms with van der Waals surface area (Å²) in [5, 5.41) is 6.22. The van der Waals surface area contributed by atoms with Crippen molar-refractivity contribution in [2.75, 3.05) is 11.1 Å². The van der Waals surface area contributed by atoms with Crippen LogP contribution < -0.4 is 33.8 Å². The molecule has 0 aliphatic carbocycles. The van der Waals surface area contributed by atoms with Crippen molar-refractivity contribution in [3.63, 3.8) is 0 Å². The molecule has 11 heteroatoms. The van der Waals surface area contributed by atoms with Crippen LogP contribution in [-0.2, 0) is 15.6 Å². The highest BCUT2D eigenvalue weighted by Gasteiger charge is 2.19. The normalized spacial score (nSPS) is 11.8. The Balaban J connectivity index is 0.00000363. The minimum absolute atomic E-state index is 0. The Morgan fingerprint density at radius 2 is 1.78 bits per heavy atom. The van der Waals surface area contributed by atoms with Gasteiger partial charge in [-0.3, -0.25) is 0 Å². The van der Waals surface area contributed by atoms with Gasteiger partial charge in [-0.2, -0.15) is 0 Å². The Labute approximate surface area is 202 Å². The molecule has 2 aromatic carbocycles. The zero-order valence-electron chi connectivity index (χ0n) is 16.9. The number of hydrogen-bond donors (Lipinski definition) is 3. The lowest BCUT2D eigenvalue weighted by molar-refractivity contribution is -0.387. The van der Waals surface area contributed by atoms with Crippen LogP contribution in [0.3, 0.4) is 0 Å². The summed E-state index contributed by atoms with van der Waals surface area (Å²) in [4.78, 5) is 15.3. The molecule has 0 saturated carbocycles. The summed E-state index contributed by atoms with van der Waals surface area (Å²) in [7, 11) is -3.56. The zero-order valence-corrected chi connectivity index (χ0v) is 20.0. The number of amides is 2. The van der Waals surface area contributed by atoms with Crippen molar-refractivity contribution < 1.29 is 30.6 Å². The molecule has 0 fully saturated rings. The van der Waals surface area contributed by atoms with E-state index >= 15 is 0 Å². The van der Waals surface area contributed by atoms with Gasteiger partial charge in [-0.05, 0) is 48.9 Å². The molecule has 170 valence electrons. The van der Waals surface area contributed by atoms with Crippen molar-refractivity contribution in [2.45, 2.75) is 23.6 Å². The summed E-state index contributed by atoms with van der Waals surface area (Å²) in [6.07, 6.45) is 1.54. The van der Waals surface area contributed by atoms with E-state index in [1.807, 2.05) is 0 Å². The molecule has 0 bridgehead atoms. The molecule has 0 unspecified atom stereocenters. The minimum Gasteiger partial charge on any atom is -1.00 e. The van der Waals surface area contributed by atoms with E-state index in [2.05, 4.69) is 15.6 Å². The Bertz CT molecular complexity index is 1190. The molecule has 5 N–H and O–H groups in total. The number of nitrogen functional groups attached to an aromatic ring is 1. The topological polar surface area (TPSA) is 115 Å². The van der Waals surface area contributed by atoms with E-state index in [0.29, 0.717) is 32.7 Å². The van der Waals surface area contributed by atoms with Crippen molar-refractivity contribution >= 4 is 50.4 Å². The van der Waals surface area contributed by atoms with Crippen molar-refractivity contribution in [3.8, 4) is 0 Å². The number of nitrogens with one attached hydrogen (secondary N) is 3. The molecule has 0 radical (unpaired) electrons. The lowest BCUT2D eigenvalue weighted by Gasteiger charge is -2.17. The van der Waals surface area contributed by atoms with Gasteiger partial charge >= 0.3 is 6.03 Å². The molecule has 7 nitrogen and oxygen atoms in total. The van der Waals surface area contributed by atoms with Crippen molar-refractivity contribution in [2.24, 2.45) is 0 Å². The molecule has 0 aliphatic heterocycles. The maximum Gasteiger partial charge on any atom is 0.319 e. The van der Waals surface area contributed by atoms with Crippen molar-refractivity contribution in [1.82, 2.24) is 5.32 Å². The van der Waals surface area contributed by atoms with E-state index in [4.69, 9.17) is 28.9 Å². The summed E-state index contributed by atoms with van der Waals surface area (Å²) in [5.41, 5.74) is 7.77. The quantitative estimate of drug-likeness (QED) is 0.458. The van der Waals surface area contributed by atoms with Gasteiger partial charge in [-0.1, -0.05) is 35.3 Å². The van der Waals surface area contributed by atoms with Crippen LogP contribution in [0.5, 0.6) is 0 Å². The predicted octanol–water partition coefficient (Wildman–Crippen LogP) is 1.25. The smallest absolute Gasteiger partial charge is 0.319 e. The number of benzene rings is 2. The number of aromatic amines is 1. The van der Waals surface area contributed by atoms with Crippen LogP contribution in [0.1, 0.15) is 24.2 Å². The van der Waals surface area contributed by atoms with E-state index in [1.165, 1.54) is 30.5 Å². The average Bonchev–Trinajstić information content (AvgIpc) is 2.72. The number of aromatic nitrogens is 1. The molecule has 1 atom stereocenters. The summed E-state index contributed by atoms with van der Waals surface area (Å²) in [5.74, 6) is -0.196. The summed E-state index contributed by atoms with van der Waals surface area (Å²) >= 11 is 12.2. The first-order valence-corrected chi connectivity index (χ1v) is 11.7. The van der Waals surface area contributed by atoms with E-state index in [-0.39, 0.29) is 29.1 Å². The largest absolute Gasteiger partial charge is 1.00 e. The van der Waals surface area contributed by atoms with Crippen LogP contribution >= 0.6 is 23.2 Å².